The first-order valence-electron chi connectivity index (χ1n) is 4.78. The molecule has 0 fully saturated rings. The summed E-state index contributed by atoms with van der Waals surface area (Å²) >= 11 is 3.12. The Morgan fingerprint density at radius 2 is 2.25 bits per heavy atom. The lowest BCUT2D eigenvalue weighted by Gasteiger charge is -2.05. The summed E-state index contributed by atoms with van der Waals surface area (Å²) in [5.74, 6) is -1.07. The summed E-state index contributed by atoms with van der Waals surface area (Å²) in [6.07, 6.45) is 0.775. The molecule has 0 aliphatic heterocycles. The number of hydrogen-bond donors (Lipinski definition) is 0. The van der Waals surface area contributed by atoms with Crippen LogP contribution in [0.5, 0.6) is 5.75 Å². The molecule has 1 rings (SSSR count). The number of ether oxygens (including phenoxy) is 2. The Kier molecular flexibility index (Phi) is 5.42. The Bertz CT molecular complexity index is 368. The second-order valence-corrected chi connectivity index (χ2v) is 4.06. The number of carbonyl (C=O) groups is 1. The molecule has 0 radical (unpaired) electrons. The molecule has 88 valence electrons. The van der Waals surface area contributed by atoms with E-state index < -0.39 is 11.8 Å². The first-order valence-corrected chi connectivity index (χ1v) is 5.57. The first-order chi connectivity index (χ1) is 7.63. The molecule has 1 aromatic rings. The van der Waals surface area contributed by atoms with E-state index in [-0.39, 0.29) is 12.2 Å². The van der Waals surface area contributed by atoms with Crippen LogP contribution in [-0.2, 0) is 9.53 Å². The maximum atomic E-state index is 13.3. The molecule has 0 aromatic heterocycles. The average molecular weight is 291 g/mol. The Morgan fingerprint density at radius 3 is 2.88 bits per heavy atom. The smallest absolute Gasteiger partial charge is 0.311 e. The highest BCUT2D eigenvalue weighted by Gasteiger charge is 2.09. The zero-order valence-corrected chi connectivity index (χ0v) is 10.4. The standard InChI is InChI=1S/C11H12BrFO3/c1-15-6-2-3-11(14)16-10-5-4-8(12)7-9(10)13/h4-5,7H,2-3,6H2,1H3. The van der Waals surface area contributed by atoms with Gasteiger partial charge in [0.2, 0.25) is 0 Å². The van der Waals surface area contributed by atoms with Crippen molar-refractivity contribution < 1.29 is 18.7 Å². The summed E-state index contributed by atoms with van der Waals surface area (Å²) in [5.41, 5.74) is 0. The van der Waals surface area contributed by atoms with Gasteiger partial charge in [0.1, 0.15) is 0 Å². The van der Waals surface area contributed by atoms with E-state index in [4.69, 9.17) is 9.47 Å². The van der Waals surface area contributed by atoms with Crippen LogP contribution in [0.25, 0.3) is 0 Å². The van der Waals surface area contributed by atoms with Crippen molar-refractivity contribution in [1.82, 2.24) is 0 Å². The molecule has 5 heteroatoms. The van der Waals surface area contributed by atoms with E-state index in [9.17, 15) is 9.18 Å². The molecule has 0 spiro atoms. The first kappa shape index (κ1) is 13.1. The van der Waals surface area contributed by atoms with Crippen molar-refractivity contribution in [3.63, 3.8) is 0 Å². The second kappa shape index (κ2) is 6.60. The molecular weight excluding hydrogens is 279 g/mol. The lowest BCUT2D eigenvalue weighted by Crippen LogP contribution is -2.09. The minimum atomic E-state index is -0.561. The minimum Gasteiger partial charge on any atom is -0.423 e. The number of halogens is 2. The van der Waals surface area contributed by atoms with E-state index in [1.807, 2.05) is 0 Å². The lowest BCUT2D eigenvalue weighted by molar-refractivity contribution is -0.134. The van der Waals surface area contributed by atoms with E-state index in [2.05, 4.69) is 15.9 Å². The van der Waals surface area contributed by atoms with Crippen molar-refractivity contribution in [2.45, 2.75) is 12.8 Å². The Morgan fingerprint density at radius 1 is 1.50 bits per heavy atom. The number of esters is 1. The highest BCUT2D eigenvalue weighted by Crippen LogP contribution is 2.21. The van der Waals surface area contributed by atoms with E-state index in [0.29, 0.717) is 17.5 Å². The monoisotopic (exact) mass is 290 g/mol. The van der Waals surface area contributed by atoms with Gasteiger partial charge in [-0.05, 0) is 24.6 Å². The lowest BCUT2D eigenvalue weighted by atomic mass is 10.3. The second-order valence-electron chi connectivity index (χ2n) is 3.15. The number of benzene rings is 1. The molecule has 1 aromatic carbocycles. The summed E-state index contributed by atoms with van der Waals surface area (Å²) in [6, 6.07) is 4.27. The van der Waals surface area contributed by atoms with Gasteiger partial charge in [0.25, 0.3) is 0 Å². The molecule has 0 N–H and O–H groups in total. The third-order valence-electron chi connectivity index (χ3n) is 1.85. The van der Waals surface area contributed by atoms with E-state index in [0.717, 1.165) is 0 Å². The van der Waals surface area contributed by atoms with Gasteiger partial charge < -0.3 is 9.47 Å². The number of rotatable bonds is 5. The fraction of sp³-hybridized carbons (Fsp3) is 0.364. The molecule has 0 saturated heterocycles. The quantitative estimate of drug-likeness (QED) is 0.475. The van der Waals surface area contributed by atoms with Crippen molar-refractivity contribution in [2.24, 2.45) is 0 Å². The van der Waals surface area contributed by atoms with Crippen LogP contribution in [0.3, 0.4) is 0 Å². The van der Waals surface area contributed by atoms with Crippen LogP contribution in [0.15, 0.2) is 22.7 Å². The molecule has 0 atom stereocenters. The molecule has 16 heavy (non-hydrogen) atoms. The summed E-state index contributed by atoms with van der Waals surface area (Å²) in [5, 5.41) is 0. The maximum Gasteiger partial charge on any atom is 0.311 e. The van der Waals surface area contributed by atoms with E-state index in [1.165, 1.54) is 12.1 Å². The number of methoxy groups -OCH3 is 1. The molecule has 3 nitrogen and oxygen atoms in total. The van der Waals surface area contributed by atoms with Crippen molar-refractivity contribution in [3.05, 3.63) is 28.5 Å². The van der Waals surface area contributed by atoms with Crippen LogP contribution in [0, 0.1) is 5.82 Å². The van der Waals surface area contributed by atoms with Crippen LogP contribution in [0.1, 0.15) is 12.8 Å². The molecule has 0 unspecified atom stereocenters. The molecule has 0 aliphatic rings. The molecule has 0 heterocycles. The van der Waals surface area contributed by atoms with Gasteiger partial charge in [-0.3, -0.25) is 4.79 Å². The Labute approximate surface area is 102 Å². The summed E-state index contributed by atoms with van der Waals surface area (Å²) in [6.45, 7) is 0.484. The van der Waals surface area contributed by atoms with Gasteiger partial charge in [-0.15, -0.1) is 0 Å². The highest BCUT2D eigenvalue weighted by molar-refractivity contribution is 9.10. The predicted molar refractivity (Wildman–Crippen MR) is 60.8 cm³/mol. The van der Waals surface area contributed by atoms with Gasteiger partial charge in [-0.25, -0.2) is 4.39 Å². The van der Waals surface area contributed by atoms with Gasteiger partial charge in [-0.2, -0.15) is 0 Å². The fourth-order valence-electron chi connectivity index (χ4n) is 1.09. The van der Waals surface area contributed by atoms with E-state index >= 15 is 0 Å². The third-order valence-corrected chi connectivity index (χ3v) is 2.34. The average Bonchev–Trinajstić information content (AvgIpc) is 2.23. The minimum absolute atomic E-state index is 0.0504. The zero-order valence-electron chi connectivity index (χ0n) is 8.83. The van der Waals surface area contributed by atoms with Crippen molar-refractivity contribution in [1.29, 1.82) is 0 Å². The number of carbonyl (C=O) groups excluding carboxylic acids is 1. The fourth-order valence-corrected chi connectivity index (χ4v) is 1.43. The van der Waals surface area contributed by atoms with Crippen molar-refractivity contribution >= 4 is 21.9 Å². The van der Waals surface area contributed by atoms with Gasteiger partial charge in [0.05, 0.1) is 0 Å². The van der Waals surface area contributed by atoms with Gasteiger partial charge in [0, 0.05) is 24.6 Å². The maximum absolute atomic E-state index is 13.3. The van der Waals surface area contributed by atoms with Crippen LogP contribution in [0.4, 0.5) is 4.39 Å². The van der Waals surface area contributed by atoms with Gasteiger partial charge in [-0.1, -0.05) is 15.9 Å². The SMILES string of the molecule is COCCCC(=O)Oc1ccc(Br)cc1F. The normalized spacial score (nSPS) is 10.2. The van der Waals surface area contributed by atoms with Gasteiger partial charge >= 0.3 is 5.97 Å². The Balaban J connectivity index is 2.49. The third kappa shape index (κ3) is 4.28. The van der Waals surface area contributed by atoms with Crippen LogP contribution < -0.4 is 4.74 Å². The summed E-state index contributed by atoms with van der Waals surface area (Å²) < 4.78 is 23.5. The van der Waals surface area contributed by atoms with Crippen LogP contribution in [-0.4, -0.2) is 19.7 Å². The summed E-state index contributed by atoms with van der Waals surface area (Å²) in [4.78, 5) is 11.3. The van der Waals surface area contributed by atoms with Crippen molar-refractivity contribution in [3.8, 4) is 5.75 Å². The number of hydrogen-bond acceptors (Lipinski definition) is 3. The zero-order chi connectivity index (χ0) is 12.0. The van der Waals surface area contributed by atoms with Gasteiger partial charge in [0.15, 0.2) is 11.6 Å². The summed E-state index contributed by atoms with van der Waals surface area (Å²) in [7, 11) is 1.56. The topological polar surface area (TPSA) is 35.5 Å². The largest absolute Gasteiger partial charge is 0.423 e. The molecule has 0 aliphatic carbocycles. The van der Waals surface area contributed by atoms with E-state index in [1.54, 1.807) is 13.2 Å². The van der Waals surface area contributed by atoms with Crippen molar-refractivity contribution in [2.75, 3.05) is 13.7 Å². The van der Waals surface area contributed by atoms with Crippen LogP contribution in [0.2, 0.25) is 0 Å². The molecule has 0 bridgehead atoms. The van der Waals surface area contributed by atoms with Crippen LogP contribution >= 0.6 is 15.9 Å². The highest BCUT2D eigenvalue weighted by atomic mass is 79.9. The molecular formula is C11H12BrFO3. The Hall–Kier alpha value is -0.940. The molecule has 0 amide bonds. The molecule has 0 saturated carbocycles. The predicted octanol–water partition coefficient (Wildman–Crippen LogP) is 2.92.